The zero-order chi connectivity index (χ0) is 8.91. The standard InChI is InChI=1S/C8H16Cl2Si/c1-4-6-11(9,10)7-8(3)5-2/h4,8H,1,5-7H2,2-3H3/t8-/m0/s1. The molecule has 0 heterocycles. The van der Waals surface area contributed by atoms with Gasteiger partial charge in [-0.3, -0.25) is 0 Å². The van der Waals surface area contributed by atoms with E-state index < -0.39 is 6.69 Å². The number of rotatable bonds is 5. The summed E-state index contributed by atoms with van der Waals surface area (Å²) in [6, 6.07) is 1.79. The van der Waals surface area contributed by atoms with Crippen molar-refractivity contribution in [1.82, 2.24) is 0 Å². The molecule has 0 aromatic heterocycles. The van der Waals surface area contributed by atoms with Crippen molar-refractivity contribution in [2.24, 2.45) is 5.92 Å². The molecule has 0 saturated carbocycles. The summed E-state index contributed by atoms with van der Waals surface area (Å²) in [6.45, 7) is 6.04. The van der Waals surface area contributed by atoms with Crippen LogP contribution in [0.15, 0.2) is 12.7 Å². The summed E-state index contributed by atoms with van der Waals surface area (Å²) in [4.78, 5) is 0. The quantitative estimate of drug-likeness (QED) is 0.364. The molecule has 0 amide bonds. The van der Waals surface area contributed by atoms with E-state index in [0.29, 0.717) is 5.92 Å². The van der Waals surface area contributed by atoms with E-state index in [1.165, 1.54) is 0 Å². The molecule has 0 N–H and O–H groups in total. The molecule has 0 aromatic carbocycles. The van der Waals surface area contributed by atoms with E-state index in [4.69, 9.17) is 22.2 Å². The number of hydrogen-bond acceptors (Lipinski definition) is 0. The van der Waals surface area contributed by atoms with Gasteiger partial charge in [0.05, 0.1) is 0 Å². The predicted molar refractivity (Wildman–Crippen MR) is 56.7 cm³/mol. The van der Waals surface area contributed by atoms with Crippen LogP contribution in [0.3, 0.4) is 0 Å². The molecule has 0 aliphatic carbocycles. The third-order valence-electron chi connectivity index (χ3n) is 1.79. The van der Waals surface area contributed by atoms with E-state index in [9.17, 15) is 0 Å². The predicted octanol–water partition coefficient (Wildman–Crippen LogP) is 4.14. The van der Waals surface area contributed by atoms with Crippen LogP contribution >= 0.6 is 22.2 Å². The molecule has 0 aliphatic heterocycles. The fourth-order valence-electron chi connectivity index (χ4n) is 0.949. The van der Waals surface area contributed by atoms with Gasteiger partial charge in [0, 0.05) is 0 Å². The Morgan fingerprint density at radius 3 is 2.45 bits per heavy atom. The first-order valence-corrected chi connectivity index (χ1v) is 8.44. The summed E-state index contributed by atoms with van der Waals surface area (Å²) in [5.41, 5.74) is 0. The van der Waals surface area contributed by atoms with E-state index in [1.807, 2.05) is 6.08 Å². The monoisotopic (exact) mass is 210 g/mol. The summed E-state index contributed by atoms with van der Waals surface area (Å²) in [6.07, 6.45) is 2.99. The van der Waals surface area contributed by atoms with Crippen molar-refractivity contribution >= 4 is 28.9 Å². The first kappa shape index (κ1) is 11.5. The number of halogens is 2. The highest BCUT2D eigenvalue weighted by Crippen LogP contribution is 2.30. The summed E-state index contributed by atoms with van der Waals surface area (Å²) in [5, 5.41) is 0. The molecule has 3 heteroatoms. The van der Waals surface area contributed by atoms with Crippen molar-refractivity contribution in [2.45, 2.75) is 32.4 Å². The lowest BCUT2D eigenvalue weighted by Crippen LogP contribution is -2.20. The maximum absolute atomic E-state index is 6.14. The van der Waals surface area contributed by atoms with Gasteiger partial charge in [0.25, 0.3) is 6.69 Å². The van der Waals surface area contributed by atoms with Gasteiger partial charge in [0.2, 0.25) is 0 Å². The highest BCUT2D eigenvalue weighted by Gasteiger charge is 2.28. The van der Waals surface area contributed by atoms with Crippen LogP contribution in [-0.2, 0) is 0 Å². The normalized spacial score (nSPS) is 14.5. The topological polar surface area (TPSA) is 0 Å². The second kappa shape index (κ2) is 5.23. The van der Waals surface area contributed by atoms with E-state index in [0.717, 1.165) is 18.5 Å². The highest BCUT2D eigenvalue weighted by molar-refractivity contribution is 7.45. The minimum atomic E-state index is -1.96. The molecular formula is C8H16Cl2Si. The highest BCUT2D eigenvalue weighted by atomic mass is 35.7. The van der Waals surface area contributed by atoms with Gasteiger partial charge >= 0.3 is 0 Å². The molecular weight excluding hydrogens is 195 g/mol. The summed E-state index contributed by atoms with van der Waals surface area (Å²) in [5.74, 6) is 0.650. The van der Waals surface area contributed by atoms with Crippen LogP contribution in [0.1, 0.15) is 20.3 Å². The summed E-state index contributed by atoms with van der Waals surface area (Å²) >= 11 is 12.3. The van der Waals surface area contributed by atoms with Crippen LogP contribution in [0.25, 0.3) is 0 Å². The first-order chi connectivity index (χ1) is 5.02. The minimum absolute atomic E-state index is 0.650. The molecule has 0 aromatic rings. The zero-order valence-electron chi connectivity index (χ0n) is 7.24. The van der Waals surface area contributed by atoms with E-state index in [-0.39, 0.29) is 0 Å². The molecule has 0 spiro atoms. The molecule has 0 nitrogen and oxygen atoms in total. The van der Waals surface area contributed by atoms with Gasteiger partial charge in [-0.15, -0.1) is 28.7 Å². The van der Waals surface area contributed by atoms with Gasteiger partial charge in [0.1, 0.15) is 0 Å². The van der Waals surface area contributed by atoms with Crippen molar-refractivity contribution in [1.29, 1.82) is 0 Å². The van der Waals surface area contributed by atoms with Crippen LogP contribution in [0.2, 0.25) is 12.1 Å². The van der Waals surface area contributed by atoms with Gasteiger partial charge in [-0.25, -0.2) is 0 Å². The largest absolute Gasteiger partial charge is 0.255 e. The minimum Gasteiger partial charge on any atom is -0.146 e. The molecule has 0 saturated heterocycles. The zero-order valence-corrected chi connectivity index (χ0v) is 9.75. The van der Waals surface area contributed by atoms with Crippen LogP contribution in [0, 0.1) is 5.92 Å². The molecule has 0 rings (SSSR count). The molecule has 11 heavy (non-hydrogen) atoms. The van der Waals surface area contributed by atoms with Crippen LogP contribution in [0.5, 0.6) is 0 Å². The number of hydrogen-bond donors (Lipinski definition) is 0. The summed E-state index contributed by atoms with van der Waals surface area (Å²) in [7, 11) is 0. The Morgan fingerprint density at radius 2 is 2.09 bits per heavy atom. The lowest BCUT2D eigenvalue weighted by molar-refractivity contribution is 0.620. The fraction of sp³-hybridized carbons (Fsp3) is 0.750. The van der Waals surface area contributed by atoms with Gasteiger partial charge in [0.15, 0.2) is 0 Å². The maximum Gasteiger partial charge on any atom is 0.255 e. The average molecular weight is 211 g/mol. The number of allylic oxidation sites excluding steroid dienone is 1. The van der Waals surface area contributed by atoms with Gasteiger partial charge in [-0.05, 0) is 18.0 Å². The van der Waals surface area contributed by atoms with Crippen molar-refractivity contribution < 1.29 is 0 Å². The lowest BCUT2D eigenvalue weighted by atomic mass is 10.2. The van der Waals surface area contributed by atoms with Crippen molar-refractivity contribution in [3.05, 3.63) is 12.7 Å². The lowest BCUT2D eigenvalue weighted by Gasteiger charge is -2.18. The Balaban J connectivity index is 3.79. The fourth-order valence-corrected chi connectivity index (χ4v) is 5.08. The summed E-state index contributed by atoms with van der Waals surface area (Å²) < 4.78 is 0. The average Bonchev–Trinajstić information content (AvgIpc) is 1.86. The van der Waals surface area contributed by atoms with Crippen LogP contribution in [-0.4, -0.2) is 6.69 Å². The Hall–Kier alpha value is 0.537. The maximum atomic E-state index is 6.14. The molecule has 0 radical (unpaired) electrons. The van der Waals surface area contributed by atoms with Crippen molar-refractivity contribution in [3.8, 4) is 0 Å². The Morgan fingerprint density at radius 1 is 1.55 bits per heavy atom. The van der Waals surface area contributed by atoms with E-state index >= 15 is 0 Å². The third-order valence-corrected chi connectivity index (χ3v) is 5.82. The van der Waals surface area contributed by atoms with Crippen LogP contribution < -0.4 is 0 Å². The Labute approximate surface area is 80.0 Å². The van der Waals surface area contributed by atoms with Gasteiger partial charge in [-0.1, -0.05) is 26.3 Å². The Bertz CT molecular complexity index is 123. The molecule has 66 valence electrons. The second-order valence-corrected chi connectivity index (χ2v) is 10.5. The Kier molecular flexibility index (Phi) is 5.49. The van der Waals surface area contributed by atoms with E-state index in [1.54, 1.807) is 0 Å². The molecule has 1 atom stereocenters. The molecule has 0 aliphatic rings. The van der Waals surface area contributed by atoms with Crippen molar-refractivity contribution in [3.63, 3.8) is 0 Å². The SMILES string of the molecule is C=CC[Si](Cl)(Cl)C[C@@H](C)CC. The second-order valence-electron chi connectivity index (χ2n) is 3.07. The van der Waals surface area contributed by atoms with E-state index in [2.05, 4.69) is 20.4 Å². The van der Waals surface area contributed by atoms with Gasteiger partial charge < -0.3 is 0 Å². The van der Waals surface area contributed by atoms with Crippen molar-refractivity contribution in [2.75, 3.05) is 0 Å². The molecule has 0 fully saturated rings. The molecule has 0 unspecified atom stereocenters. The van der Waals surface area contributed by atoms with Crippen LogP contribution in [0.4, 0.5) is 0 Å². The third kappa shape index (κ3) is 5.77. The van der Waals surface area contributed by atoms with Gasteiger partial charge in [-0.2, -0.15) is 0 Å². The first-order valence-electron chi connectivity index (χ1n) is 4.00. The smallest absolute Gasteiger partial charge is 0.146 e. The molecule has 0 bridgehead atoms.